The SMILES string of the molecule is CC(Oc1oc(-c2cnc3ccccn23)nc1C(N)=O)c1ccccc1Cl. The molecule has 4 aromatic rings. The van der Waals surface area contributed by atoms with Crippen molar-refractivity contribution < 1.29 is 13.9 Å². The van der Waals surface area contributed by atoms with Gasteiger partial charge in [0, 0.05) is 16.8 Å². The summed E-state index contributed by atoms with van der Waals surface area (Å²) in [6.07, 6.45) is 2.95. The molecule has 2 N–H and O–H groups in total. The molecular formula is C19H15ClN4O3. The Morgan fingerprint density at radius 1 is 1.26 bits per heavy atom. The maximum absolute atomic E-state index is 11.8. The molecule has 1 amide bonds. The van der Waals surface area contributed by atoms with Crippen LogP contribution in [-0.2, 0) is 0 Å². The number of primary amides is 1. The van der Waals surface area contributed by atoms with E-state index in [0.717, 1.165) is 11.2 Å². The Morgan fingerprint density at radius 2 is 2.04 bits per heavy atom. The molecule has 3 aromatic heterocycles. The normalized spacial score (nSPS) is 12.2. The number of benzene rings is 1. The van der Waals surface area contributed by atoms with Crippen molar-refractivity contribution in [3.8, 4) is 17.5 Å². The summed E-state index contributed by atoms with van der Waals surface area (Å²) in [6, 6.07) is 12.8. The van der Waals surface area contributed by atoms with Crippen LogP contribution in [0.15, 0.2) is 59.3 Å². The van der Waals surface area contributed by atoms with Gasteiger partial charge in [-0.3, -0.25) is 9.20 Å². The van der Waals surface area contributed by atoms with E-state index in [9.17, 15) is 4.79 Å². The quantitative estimate of drug-likeness (QED) is 0.565. The van der Waals surface area contributed by atoms with Gasteiger partial charge in [-0.15, -0.1) is 0 Å². The smallest absolute Gasteiger partial charge is 0.319 e. The molecule has 27 heavy (non-hydrogen) atoms. The zero-order valence-corrected chi connectivity index (χ0v) is 15.1. The Kier molecular flexibility index (Phi) is 4.29. The lowest BCUT2D eigenvalue weighted by atomic mass is 10.1. The first-order chi connectivity index (χ1) is 13.0. The van der Waals surface area contributed by atoms with E-state index < -0.39 is 12.0 Å². The van der Waals surface area contributed by atoms with Gasteiger partial charge in [0.1, 0.15) is 17.4 Å². The second-order valence-corrected chi connectivity index (χ2v) is 6.28. The number of aromatic nitrogens is 3. The molecule has 0 spiro atoms. The van der Waals surface area contributed by atoms with E-state index >= 15 is 0 Å². The van der Waals surface area contributed by atoms with Crippen LogP contribution in [-0.4, -0.2) is 20.3 Å². The van der Waals surface area contributed by atoms with Gasteiger partial charge >= 0.3 is 5.95 Å². The fourth-order valence-corrected chi connectivity index (χ4v) is 3.06. The third-order valence-electron chi connectivity index (χ3n) is 4.09. The van der Waals surface area contributed by atoms with Crippen LogP contribution in [0.4, 0.5) is 0 Å². The summed E-state index contributed by atoms with van der Waals surface area (Å²) < 4.78 is 13.3. The van der Waals surface area contributed by atoms with E-state index in [-0.39, 0.29) is 17.5 Å². The van der Waals surface area contributed by atoms with Crippen molar-refractivity contribution >= 4 is 23.2 Å². The Bertz CT molecular complexity index is 1130. The Balaban J connectivity index is 1.73. The van der Waals surface area contributed by atoms with Gasteiger partial charge in [0.15, 0.2) is 0 Å². The molecule has 8 heteroatoms. The third-order valence-corrected chi connectivity index (χ3v) is 4.44. The van der Waals surface area contributed by atoms with Crippen LogP contribution in [0.1, 0.15) is 29.1 Å². The average Bonchev–Trinajstić information content (AvgIpc) is 3.26. The first-order valence-electron chi connectivity index (χ1n) is 8.19. The highest BCUT2D eigenvalue weighted by atomic mass is 35.5. The number of imidazole rings is 1. The molecule has 3 heterocycles. The van der Waals surface area contributed by atoms with Crippen LogP contribution in [0.3, 0.4) is 0 Å². The lowest BCUT2D eigenvalue weighted by molar-refractivity contribution is 0.0982. The summed E-state index contributed by atoms with van der Waals surface area (Å²) in [4.78, 5) is 20.3. The number of fused-ring (bicyclic) bond motifs is 1. The lowest BCUT2D eigenvalue weighted by Gasteiger charge is -2.14. The molecule has 4 rings (SSSR count). The third kappa shape index (κ3) is 3.13. The van der Waals surface area contributed by atoms with Gasteiger partial charge in [-0.1, -0.05) is 35.9 Å². The average molecular weight is 383 g/mol. The number of nitrogens with zero attached hydrogens (tertiary/aromatic N) is 3. The van der Waals surface area contributed by atoms with Crippen LogP contribution in [0.2, 0.25) is 5.02 Å². The van der Waals surface area contributed by atoms with Crippen molar-refractivity contribution in [1.29, 1.82) is 0 Å². The number of nitrogens with two attached hydrogens (primary N) is 1. The maximum Gasteiger partial charge on any atom is 0.319 e. The van der Waals surface area contributed by atoms with E-state index in [4.69, 9.17) is 26.5 Å². The molecule has 7 nitrogen and oxygen atoms in total. The summed E-state index contributed by atoms with van der Waals surface area (Å²) >= 11 is 6.21. The van der Waals surface area contributed by atoms with E-state index in [2.05, 4.69) is 9.97 Å². The lowest BCUT2D eigenvalue weighted by Crippen LogP contribution is -2.14. The predicted molar refractivity (Wildman–Crippen MR) is 99.7 cm³/mol. The highest BCUT2D eigenvalue weighted by molar-refractivity contribution is 6.31. The van der Waals surface area contributed by atoms with Crippen molar-refractivity contribution in [2.75, 3.05) is 0 Å². The van der Waals surface area contributed by atoms with Crippen molar-refractivity contribution in [2.24, 2.45) is 5.73 Å². The summed E-state index contributed by atoms with van der Waals surface area (Å²) in [7, 11) is 0. The maximum atomic E-state index is 11.8. The first-order valence-corrected chi connectivity index (χ1v) is 8.56. The molecule has 0 radical (unpaired) electrons. The van der Waals surface area contributed by atoms with Crippen LogP contribution >= 0.6 is 11.6 Å². The van der Waals surface area contributed by atoms with Gasteiger partial charge in [0.25, 0.3) is 5.91 Å². The number of halogens is 1. The molecule has 1 aromatic carbocycles. The van der Waals surface area contributed by atoms with Gasteiger partial charge in [-0.25, -0.2) is 4.98 Å². The summed E-state index contributed by atoms with van der Waals surface area (Å²) in [5, 5.41) is 0.548. The second-order valence-electron chi connectivity index (χ2n) is 5.87. The number of hydrogen-bond donors (Lipinski definition) is 1. The molecular weight excluding hydrogens is 368 g/mol. The molecule has 0 saturated heterocycles. The van der Waals surface area contributed by atoms with Gasteiger partial charge in [0.05, 0.1) is 6.20 Å². The minimum absolute atomic E-state index is 0.0594. The molecule has 0 saturated carbocycles. The number of rotatable bonds is 5. The minimum Gasteiger partial charge on any atom is -0.455 e. The number of carbonyl (C=O) groups excluding carboxylic acids is 1. The van der Waals surface area contributed by atoms with Crippen LogP contribution in [0, 0.1) is 0 Å². The van der Waals surface area contributed by atoms with E-state index in [1.54, 1.807) is 23.6 Å². The molecule has 136 valence electrons. The zero-order valence-electron chi connectivity index (χ0n) is 14.3. The molecule has 0 aliphatic heterocycles. The second kappa shape index (κ2) is 6.77. The van der Waals surface area contributed by atoms with Gasteiger partial charge in [-0.2, -0.15) is 4.98 Å². The fourth-order valence-electron chi connectivity index (χ4n) is 2.77. The number of pyridine rings is 1. The van der Waals surface area contributed by atoms with E-state index in [0.29, 0.717) is 10.7 Å². The summed E-state index contributed by atoms with van der Waals surface area (Å²) in [5.74, 6) is -0.625. The first kappa shape index (κ1) is 17.1. The summed E-state index contributed by atoms with van der Waals surface area (Å²) in [6.45, 7) is 1.79. The van der Waals surface area contributed by atoms with Gasteiger partial charge in [0.2, 0.25) is 11.6 Å². The van der Waals surface area contributed by atoms with Crippen molar-refractivity contribution in [1.82, 2.24) is 14.4 Å². The largest absolute Gasteiger partial charge is 0.455 e. The van der Waals surface area contributed by atoms with Crippen molar-refractivity contribution in [3.63, 3.8) is 0 Å². The number of hydrogen-bond acceptors (Lipinski definition) is 5. The Morgan fingerprint density at radius 3 is 2.81 bits per heavy atom. The fraction of sp³-hybridized carbons (Fsp3) is 0.105. The van der Waals surface area contributed by atoms with Crippen molar-refractivity contribution in [3.05, 3.63) is 71.1 Å². The number of oxazole rings is 1. The van der Waals surface area contributed by atoms with Crippen molar-refractivity contribution in [2.45, 2.75) is 13.0 Å². The van der Waals surface area contributed by atoms with Crippen LogP contribution in [0.5, 0.6) is 5.95 Å². The number of ether oxygens (including phenoxy) is 1. The van der Waals surface area contributed by atoms with E-state index in [1.807, 2.05) is 42.6 Å². The van der Waals surface area contributed by atoms with Gasteiger partial charge < -0.3 is 14.9 Å². The molecule has 1 unspecified atom stereocenters. The van der Waals surface area contributed by atoms with Crippen LogP contribution < -0.4 is 10.5 Å². The Labute approximate surface area is 159 Å². The predicted octanol–water partition coefficient (Wildman–Crippen LogP) is 3.88. The minimum atomic E-state index is -0.750. The standard InChI is InChI=1S/C19H15ClN4O3/c1-11(12-6-2-3-7-13(12)20)26-19-16(17(21)25)23-18(27-19)14-10-22-15-8-4-5-9-24(14)15/h2-11H,1H3,(H2,21,25). The summed E-state index contributed by atoms with van der Waals surface area (Å²) in [5.41, 5.74) is 7.41. The zero-order chi connectivity index (χ0) is 19.0. The van der Waals surface area contributed by atoms with Gasteiger partial charge in [-0.05, 0) is 25.1 Å². The topological polar surface area (TPSA) is 95.7 Å². The molecule has 0 aliphatic carbocycles. The molecule has 0 bridgehead atoms. The molecule has 1 atom stereocenters. The molecule has 0 aliphatic rings. The highest BCUT2D eigenvalue weighted by Crippen LogP contribution is 2.32. The number of carbonyl (C=O) groups is 1. The highest BCUT2D eigenvalue weighted by Gasteiger charge is 2.24. The van der Waals surface area contributed by atoms with Crippen LogP contribution in [0.25, 0.3) is 17.2 Å². The van der Waals surface area contributed by atoms with E-state index in [1.165, 1.54) is 0 Å². The number of amides is 1. The monoisotopic (exact) mass is 382 g/mol. The Hall–Kier alpha value is -3.32. The molecule has 0 fully saturated rings.